The predicted molar refractivity (Wildman–Crippen MR) is 86.1 cm³/mol. The van der Waals surface area contributed by atoms with E-state index in [0.717, 1.165) is 0 Å². The van der Waals surface area contributed by atoms with Crippen molar-refractivity contribution in [2.24, 2.45) is 0 Å². The van der Waals surface area contributed by atoms with Crippen molar-refractivity contribution in [3.8, 4) is 11.3 Å². The Labute approximate surface area is 134 Å². The molecule has 2 aromatic rings. The van der Waals surface area contributed by atoms with Gasteiger partial charge in [-0.2, -0.15) is 0 Å². The third-order valence-corrected chi connectivity index (χ3v) is 3.26. The van der Waals surface area contributed by atoms with Crippen molar-refractivity contribution in [1.29, 1.82) is 0 Å². The van der Waals surface area contributed by atoms with Gasteiger partial charge in [0.1, 0.15) is 0 Å². The zero-order valence-electron chi connectivity index (χ0n) is 13.5. The van der Waals surface area contributed by atoms with Gasteiger partial charge in [-0.25, -0.2) is 4.98 Å². The van der Waals surface area contributed by atoms with E-state index in [4.69, 9.17) is 4.42 Å². The van der Waals surface area contributed by atoms with Gasteiger partial charge in [-0.15, -0.1) is 0 Å². The summed E-state index contributed by atoms with van der Waals surface area (Å²) in [4.78, 5) is 16.6. The number of nitro benzene ring substituents is 1. The molecule has 23 heavy (non-hydrogen) atoms. The first-order valence-corrected chi connectivity index (χ1v) is 7.35. The molecule has 7 nitrogen and oxygen atoms in total. The molecule has 0 aliphatic rings. The summed E-state index contributed by atoms with van der Waals surface area (Å²) in [5, 5.41) is 20.6. The van der Waals surface area contributed by atoms with E-state index in [1.165, 1.54) is 12.1 Å². The van der Waals surface area contributed by atoms with E-state index in [1.54, 1.807) is 32.2 Å². The largest absolute Gasteiger partial charge is 0.441 e. The lowest BCUT2D eigenvalue weighted by molar-refractivity contribution is -0.384. The third kappa shape index (κ3) is 5.15. The SMILES string of the molecule is CN(CCc1ncc(-c2cccc([N+](=O)[O-])c2)o1)CC(C)(C)O. The van der Waals surface area contributed by atoms with Crippen molar-refractivity contribution in [2.45, 2.75) is 25.9 Å². The molecule has 0 saturated carbocycles. The molecule has 124 valence electrons. The smallest absolute Gasteiger partial charge is 0.270 e. The van der Waals surface area contributed by atoms with Crippen molar-refractivity contribution in [3.05, 3.63) is 46.5 Å². The van der Waals surface area contributed by atoms with Gasteiger partial charge in [0.05, 0.1) is 16.7 Å². The van der Waals surface area contributed by atoms with Crippen molar-refractivity contribution < 1.29 is 14.4 Å². The monoisotopic (exact) mass is 319 g/mol. The topological polar surface area (TPSA) is 92.6 Å². The number of benzene rings is 1. The zero-order chi connectivity index (χ0) is 17.0. The average Bonchev–Trinajstić information content (AvgIpc) is 2.92. The van der Waals surface area contributed by atoms with Gasteiger partial charge in [0.15, 0.2) is 11.7 Å². The first-order chi connectivity index (χ1) is 10.7. The second-order valence-electron chi connectivity index (χ2n) is 6.23. The van der Waals surface area contributed by atoms with Gasteiger partial charge in [-0.05, 0) is 20.9 Å². The number of likely N-dealkylation sites (N-methyl/N-ethyl adjacent to an activating group) is 1. The molecule has 0 aliphatic heterocycles. The number of oxazole rings is 1. The average molecular weight is 319 g/mol. The van der Waals surface area contributed by atoms with Crippen molar-refractivity contribution in [3.63, 3.8) is 0 Å². The van der Waals surface area contributed by atoms with E-state index >= 15 is 0 Å². The number of nitrogens with zero attached hydrogens (tertiary/aromatic N) is 3. The number of aromatic nitrogens is 1. The Bertz CT molecular complexity index is 676. The summed E-state index contributed by atoms with van der Waals surface area (Å²) >= 11 is 0. The van der Waals surface area contributed by atoms with Gasteiger partial charge in [-0.1, -0.05) is 12.1 Å². The van der Waals surface area contributed by atoms with Gasteiger partial charge in [0, 0.05) is 37.2 Å². The lowest BCUT2D eigenvalue weighted by Gasteiger charge is -2.24. The van der Waals surface area contributed by atoms with E-state index in [0.29, 0.717) is 36.7 Å². The molecule has 0 unspecified atom stereocenters. The van der Waals surface area contributed by atoms with Crippen LogP contribution in [0.15, 0.2) is 34.9 Å². The summed E-state index contributed by atoms with van der Waals surface area (Å²) < 4.78 is 5.66. The third-order valence-electron chi connectivity index (χ3n) is 3.26. The van der Waals surface area contributed by atoms with Crippen molar-refractivity contribution in [2.75, 3.05) is 20.1 Å². The van der Waals surface area contributed by atoms with Crippen LogP contribution < -0.4 is 0 Å². The van der Waals surface area contributed by atoms with E-state index in [1.807, 2.05) is 11.9 Å². The molecule has 0 saturated heterocycles. The summed E-state index contributed by atoms with van der Waals surface area (Å²) in [6.07, 6.45) is 2.17. The van der Waals surface area contributed by atoms with Crippen LogP contribution in [0.1, 0.15) is 19.7 Å². The Hall–Kier alpha value is -2.25. The molecule has 0 fully saturated rings. The fourth-order valence-corrected chi connectivity index (χ4v) is 2.36. The molecule has 0 amide bonds. The second kappa shape index (κ2) is 6.89. The van der Waals surface area contributed by atoms with E-state index in [-0.39, 0.29) is 5.69 Å². The lowest BCUT2D eigenvalue weighted by Crippen LogP contribution is -2.37. The first kappa shape index (κ1) is 17.1. The van der Waals surface area contributed by atoms with Crippen LogP contribution in [0, 0.1) is 10.1 Å². The van der Waals surface area contributed by atoms with Crippen LogP contribution in [0.25, 0.3) is 11.3 Å². The highest BCUT2D eigenvalue weighted by Gasteiger charge is 2.16. The summed E-state index contributed by atoms with van der Waals surface area (Å²) in [5.74, 6) is 1.07. The first-order valence-electron chi connectivity index (χ1n) is 7.35. The summed E-state index contributed by atoms with van der Waals surface area (Å²) in [6, 6.07) is 6.27. The molecule has 0 aliphatic carbocycles. The van der Waals surface area contributed by atoms with Gasteiger partial charge in [-0.3, -0.25) is 10.1 Å². The summed E-state index contributed by atoms with van der Waals surface area (Å²) in [6.45, 7) is 4.76. The summed E-state index contributed by atoms with van der Waals surface area (Å²) in [7, 11) is 1.92. The number of nitro groups is 1. The number of hydrogen-bond acceptors (Lipinski definition) is 6. The van der Waals surface area contributed by atoms with Crippen LogP contribution in [-0.4, -0.2) is 45.7 Å². The molecule has 1 heterocycles. The molecule has 2 rings (SSSR count). The van der Waals surface area contributed by atoms with E-state index in [2.05, 4.69) is 4.98 Å². The molecule has 0 atom stereocenters. The molecule has 1 aromatic carbocycles. The van der Waals surface area contributed by atoms with Crippen LogP contribution in [-0.2, 0) is 6.42 Å². The fourth-order valence-electron chi connectivity index (χ4n) is 2.36. The Morgan fingerprint density at radius 1 is 1.43 bits per heavy atom. The zero-order valence-corrected chi connectivity index (χ0v) is 13.5. The molecular weight excluding hydrogens is 298 g/mol. The highest BCUT2D eigenvalue weighted by Crippen LogP contribution is 2.24. The van der Waals surface area contributed by atoms with Crippen LogP contribution in [0.2, 0.25) is 0 Å². The molecule has 0 spiro atoms. The Kier molecular flexibility index (Phi) is 5.12. The van der Waals surface area contributed by atoms with Crippen LogP contribution in [0.5, 0.6) is 0 Å². The molecule has 1 N–H and O–H groups in total. The van der Waals surface area contributed by atoms with Gasteiger partial charge in [0.2, 0.25) is 0 Å². The fraction of sp³-hybridized carbons (Fsp3) is 0.438. The van der Waals surface area contributed by atoms with Gasteiger partial charge >= 0.3 is 0 Å². The van der Waals surface area contributed by atoms with Gasteiger partial charge < -0.3 is 14.4 Å². The quantitative estimate of drug-likeness (QED) is 0.622. The Morgan fingerprint density at radius 2 is 2.17 bits per heavy atom. The number of non-ortho nitro benzene ring substituents is 1. The number of aliphatic hydroxyl groups is 1. The molecular formula is C16H21N3O4. The highest BCUT2D eigenvalue weighted by atomic mass is 16.6. The standard InChI is InChI=1S/C16H21N3O4/c1-16(2,20)11-18(3)8-7-15-17-10-14(23-15)12-5-4-6-13(9-12)19(21)22/h4-6,9-10,20H,7-8,11H2,1-3H3. The predicted octanol–water partition coefficient (Wildman–Crippen LogP) is 2.50. The maximum atomic E-state index is 10.8. The summed E-state index contributed by atoms with van der Waals surface area (Å²) in [5.41, 5.74) is -0.104. The van der Waals surface area contributed by atoms with E-state index in [9.17, 15) is 15.2 Å². The van der Waals surface area contributed by atoms with Crippen molar-refractivity contribution in [1.82, 2.24) is 9.88 Å². The minimum atomic E-state index is -0.751. The maximum Gasteiger partial charge on any atom is 0.270 e. The second-order valence-corrected chi connectivity index (χ2v) is 6.23. The minimum Gasteiger partial charge on any atom is -0.441 e. The minimum absolute atomic E-state index is 0.0189. The Balaban J connectivity index is 2.01. The van der Waals surface area contributed by atoms with Crippen LogP contribution in [0.4, 0.5) is 5.69 Å². The van der Waals surface area contributed by atoms with Crippen LogP contribution >= 0.6 is 0 Å². The normalized spacial score (nSPS) is 11.9. The van der Waals surface area contributed by atoms with Gasteiger partial charge in [0.25, 0.3) is 5.69 Å². The number of rotatable bonds is 7. The number of hydrogen-bond donors (Lipinski definition) is 1. The van der Waals surface area contributed by atoms with Crippen molar-refractivity contribution >= 4 is 5.69 Å². The molecule has 0 bridgehead atoms. The Morgan fingerprint density at radius 3 is 2.83 bits per heavy atom. The van der Waals surface area contributed by atoms with E-state index < -0.39 is 10.5 Å². The maximum absolute atomic E-state index is 10.8. The highest BCUT2D eigenvalue weighted by molar-refractivity contribution is 5.60. The van der Waals surface area contributed by atoms with Crippen LogP contribution in [0.3, 0.4) is 0 Å². The molecule has 7 heteroatoms. The lowest BCUT2D eigenvalue weighted by atomic mass is 10.1. The molecule has 0 radical (unpaired) electrons. The molecule has 1 aromatic heterocycles.